The fourth-order valence-corrected chi connectivity index (χ4v) is 15.3. The van der Waals surface area contributed by atoms with Gasteiger partial charge in [0.25, 0.3) is 5.91 Å². The maximum absolute atomic E-state index is 10.8. The number of primary amides is 1. The fourth-order valence-electron chi connectivity index (χ4n) is 15.3. The molecule has 14 nitrogen and oxygen atoms in total. The molecule has 0 aromatic heterocycles. The summed E-state index contributed by atoms with van der Waals surface area (Å²) in [6, 6.07) is 39.5. The van der Waals surface area contributed by atoms with Crippen LogP contribution in [-0.4, -0.2) is 131 Å². The van der Waals surface area contributed by atoms with E-state index in [9.17, 15) is 9.59 Å². The molecule has 3 saturated heterocycles. The second kappa shape index (κ2) is 54.4. The van der Waals surface area contributed by atoms with E-state index in [2.05, 4.69) is 273 Å². The Morgan fingerprint density at radius 3 is 0.941 bits per heavy atom. The molecule has 6 aromatic rings. The lowest BCUT2D eigenvalue weighted by molar-refractivity contribution is -0.139. The van der Waals surface area contributed by atoms with Gasteiger partial charge in [-0.25, -0.2) is 4.79 Å². The molecule has 4 aliphatic rings. The smallest absolute Gasteiger partial charge is 0.341 e. The first-order valence-electron chi connectivity index (χ1n) is 46.2. The normalized spacial score (nSPS) is 15.2. The van der Waals surface area contributed by atoms with Crippen LogP contribution in [0.15, 0.2) is 109 Å². The minimum atomic E-state index is -0.949. The van der Waals surface area contributed by atoms with Crippen molar-refractivity contribution in [1.29, 1.82) is 0 Å². The van der Waals surface area contributed by atoms with Crippen molar-refractivity contribution in [2.24, 2.45) is 41.2 Å². The van der Waals surface area contributed by atoms with E-state index < -0.39 is 11.9 Å². The zero-order chi connectivity index (χ0) is 87.8. The Hall–Kier alpha value is -7.10. The summed E-state index contributed by atoms with van der Waals surface area (Å²) < 4.78 is 40.9. The van der Waals surface area contributed by atoms with E-state index in [4.69, 9.17) is 44.0 Å². The van der Waals surface area contributed by atoms with Crippen LogP contribution in [0.1, 0.15) is 326 Å². The predicted molar refractivity (Wildman–Crippen MR) is 500 cm³/mol. The molecule has 119 heavy (non-hydrogen) atoms. The molecule has 6 aromatic carbocycles. The molecule has 10 rings (SSSR count). The topological polar surface area (TPSA) is 164 Å². The lowest BCUT2D eigenvalue weighted by atomic mass is 9.95. The van der Waals surface area contributed by atoms with Gasteiger partial charge in [0.2, 0.25) is 0 Å². The van der Waals surface area contributed by atoms with Crippen LogP contribution in [0.4, 0.5) is 0 Å². The number of nitrogens with two attached hydrogens (primary N) is 1. The number of hydrogen-bond acceptors (Lipinski definition) is 12. The highest BCUT2D eigenvalue weighted by Gasteiger charge is 2.22. The summed E-state index contributed by atoms with van der Waals surface area (Å²) in [5.74, 6) is 11.2. The monoisotopic (exact) mass is 1640 g/mol. The van der Waals surface area contributed by atoms with Crippen molar-refractivity contribution in [3.05, 3.63) is 176 Å². The Labute approximate surface area is 724 Å². The zero-order valence-corrected chi connectivity index (χ0v) is 79.2. The Morgan fingerprint density at radius 2 is 0.647 bits per heavy atom. The van der Waals surface area contributed by atoms with Crippen LogP contribution >= 0.6 is 0 Å². The van der Waals surface area contributed by atoms with E-state index in [1.807, 2.05) is 24.3 Å². The second-order valence-corrected chi connectivity index (χ2v) is 38.8. The number of likely N-dealkylation sites (tertiary alicyclic amines) is 1. The number of carboxylic acids is 1. The number of benzene rings is 6. The van der Waals surface area contributed by atoms with Gasteiger partial charge in [-0.3, -0.25) is 9.69 Å². The average Bonchev–Trinajstić information content (AvgIpc) is 0.807. The molecule has 0 radical (unpaired) electrons. The lowest BCUT2D eigenvalue weighted by Gasteiger charge is -2.29. The molecule has 0 unspecified atom stereocenters. The van der Waals surface area contributed by atoms with Crippen molar-refractivity contribution in [1.82, 2.24) is 15.1 Å². The first kappa shape index (κ1) is 102. The number of rotatable bonds is 34. The number of carboxylic acid groups (broad SMARTS) is 1. The number of nitrogens with one attached hydrogen (secondary N) is 1. The molecule has 666 valence electrons. The Balaban J connectivity index is 0.000000255. The average molecular weight is 1640 g/mol. The highest BCUT2D eigenvalue weighted by molar-refractivity contribution is 5.75. The largest absolute Gasteiger partial charge is 0.492 e. The molecule has 1 saturated carbocycles. The zero-order valence-electron chi connectivity index (χ0n) is 79.2. The summed E-state index contributed by atoms with van der Waals surface area (Å²) in [7, 11) is 2.19. The van der Waals surface area contributed by atoms with Gasteiger partial charge >= 0.3 is 5.97 Å². The van der Waals surface area contributed by atoms with Crippen molar-refractivity contribution < 1.29 is 47.9 Å². The van der Waals surface area contributed by atoms with Gasteiger partial charge in [-0.05, 0) is 321 Å². The van der Waals surface area contributed by atoms with Crippen molar-refractivity contribution in [2.45, 2.75) is 316 Å². The van der Waals surface area contributed by atoms with Crippen LogP contribution in [-0.2, 0) is 52.9 Å². The number of aliphatic carboxylic acids is 1. The molecule has 3 aliphatic heterocycles. The van der Waals surface area contributed by atoms with Crippen LogP contribution in [0.3, 0.4) is 0 Å². The van der Waals surface area contributed by atoms with Crippen LogP contribution in [0, 0.1) is 35.5 Å². The number of amides is 1. The molecule has 14 heteroatoms. The maximum Gasteiger partial charge on any atom is 0.341 e. The van der Waals surface area contributed by atoms with E-state index in [0.717, 1.165) is 159 Å². The van der Waals surface area contributed by atoms with E-state index >= 15 is 0 Å². The summed E-state index contributed by atoms with van der Waals surface area (Å²) in [4.78, 5) is 26.1. The highest BCUT2D eigenvalue weighted by atomic mass is 16.5. The molecular formula is C105H166N4O10. The lowest BCUT2D eigenvalue weighted by Crippen LogP contribution is -2.38. The molecule has 0 spiro atoms. The molecule has 4 fully saturated rings. The first-order chi connectivity index (χ1) is 56.3. The quantitative estimate of drug-likeness (QED) is 0.0350. The van der Waals surface area contributed by atoms with E-state index in [1.54, 1.807) is 0 Å². The van der Waals surface area contributed by atoms with Gasteiger partial charge in [-0.15, -0.1) is 0 Å². The number of carbonyl (C=O) groups is 2. The van der Waals surface area contributed by atoms with Crippen molar-refractivity contribution >= 4 is 11.9 Å². The number of morpholine rings is 1. The van der Waals surface area contributed by atoms with Crippen LogP contribution in [0.2, 0.25) is 0 Å². The highest BCUT2D eigenvalue weighted by Crippen LogP contribution is 2.34. The number of ether oxygens (including phenoxy) is 7. The van der Waals surface area contributed by atoms with Crippen LogP contribution in [0.5, 0.6) is 34.5 Å². The molecule has 1 aliphatic carbocycles. The SMILES string of the molecule is CC(C)Cc1cc(OC2CCCCC2)cc(C(C)C)c1.CC(C)Cc1cc(OC2CCN(C)CC2)cc(C(C)C)c1.CC(C)Cc1cc(OC2CCNCC2)cc(C(C)C)c1.CC(C)Cc1cc(OCC(=O)O)cc(C(C)C)c1.CC(C)Cc1cc(OCC(N)=O)cc(C(C)C)c1.CC(C)Cc1cc(OCCN2CCOCC2)cc(C(C)C)c1. The van der Waals surface area contributed by atoms with Gasteiger partial charge in [0.15, 0.2) is 13.2 Å². The van der Waals surface area contributed by atoms with Crippen LogP contribution < -0.4 is 39.5 Å². The predicted octanol–water partition coefficient (Wildman–Crippen LogP) is 24.4. The van der Waals surface area contributed by atoms with Gasteiger partial charge in [0.1, 0.15) is 53.3 Å². The Kier molecular flexibility index (Phi) is 46.8. The molecule has 3 heterocycles. The van der Waals surface area contributed by atoms with E-state index in [0.29, 0.717) is 95.1 Å². The van der Waals surface area contributed by atoms with Gasteiger partial charge in [0.05, 0.1) is 19.3 Å². The van der Waals surface area contributed by atoms with E-state index in [1.165, 1.54) is 98.9 Å². The molecule has 0 atom stereocenters. The third kappa shape index (κ3) is 43.0. The van der Waals surface area contributed by atoms with E-state index in [-0.39, 0.29) is 13.2 Å². The summed E-state index contributed by atoms with van der Waals surface area (Å²) in [5, 5.41) is 12.0. The third-order valence-electron chi connectivity index (χ3n) is 21.7. The number of carbonyl (C=O) groups excluding carboxylic acids is 1. The van der Waals surface area contributed by atoms with Gasteiger partial charge in [0, 0.05) is 32.7 Å². The number of nitrogens with zero attached hydrogens (tertiary/aromatic N) is 2. The van der Waals surface area contributed by atoms with Gasteiger partial charge in [-0.2, -0.15) is 0 Å². The first-order valence-corrected chi connectivity index (χ1v) is 46.2. The fraction of sp³-hybridized carbons (Fsp3) is 0.638. The van der Waals surface area contributed by atoms with Gasteiger partial charge < -0.3 is 54.2 Å². The summed E-state index contributed by atoms with van der Waals surface area (Å²) in [6.07, 6.45) is 18.7. The molecule has 0 bridgehead atoms. The minimum absolute atomic E-state index is 0.0668. The van der Waals surface area contributed by atoms with Crippen molar-refractivity contribution in [2.75, 3.05) is 85.9 Å². The Morgan fingerprint density at radius 1 is 0.370 bits per heavy atom. The van der Waals surface area contributed by atoms with Gasteiger partial charge in [-0.1, -0.05) is 209 Å². The third-order valence-corrected chi connectivity index (χ3v) is 21.7. The Bertz CT molecular complexity index is 3670. The standard InChI is InChI=1S/C19H31NO2.C19H31NO.C19H30O.C18H29NO.C15H23NO2.C15H22O3/c1-15(2)11-17-12-18(16(3)4)14-19(13-17)22-10-7-20-5-8-21-9-6-20;1-14(2)10-16-11-17(15(3)4)13-19(12-16)21-18-6-8-20(5)9-7-18;1-14(2)10-16-11-17(15(3)4)13-19(12-16)20-18-8-6-5-7-9-18;1-13(2)9-15-10-16(14(3)4)12-18(11-15)20-17-5-7-19-8-6-17;2*1-10(2)5-12-6-13(11(3)4)8-14(7-12)18-9-15(16)17/h12-16H,5-11H2,1-4H3;11-15,18H,6-10H2,1-5H3;11-15,18H,5-10H2,1-4H3;10-14,17,19H,5-9H2,1-4H3;6-8,10-11H,5,9H2,1-4H3,(H2,16,17);6-8,10-11H,5,9H2,1-4H3,(H,16,17). The molecule has 4 N–H and O–H groups in total. The second-order valence-electron chi connectivity index (χ2n) is 38.8. The summed E-state index contributed by atoms with van der Waals surface area (Å²) in [6.45, 7) is 63.0. The van der Waals surface area contributed by atoms with Crippen molar-refractivity contribution in [3.8, 4) is 34.5 Å². The summed E-state index contributed by atoms with van der Waals surface area (Å²) >= 11 is 0. The van der Waals surface area contributed by atoms with Crippen molar-refractivity contribution in [3.63, 3.8) is 0 Å². The minimum Gasteiger partial charge on any atom is -0.492 e. The maximum atomic E-state index is 10.8. The van der Waals surface area contributed by atoms with Crippen LogP contribution in [0.25, 0.3) is 0 Å². The number of piperidine rings is 2. The number of hydrogen-bond donors (Lipinski definition) is 3. The molecular weight excluding hydrogens is 1480 g/mol. The summed E-state index contributed by atoms with van der Waals surface area (Å²) in [5.41, 5.74) is 21.2. The molecule has 1 amide bonds.